The van der Waals surface area contributed by atoms with Crippen molar-refractivity contribution in [2.24, 2.45) is 35.3 Å². The summed E-state index contributed by atoms with van der Waals surface area (Å²) in [5.74, 6) is -7.24. The van der Waals surface area contributed by atoms with Crippen LogP contribution in [0.2, 0.25) is 0 Å². The van der Waals surface area contributed by atoms with Crippen molar-refractivity contribution in [3.05, 3.63) is 35.9 Å². The zero-order chi connectivity index (χ0) is 42.9. The Balaban J connectivity index is 3.04. The lowest BCUT2D eigenvalue weighted by atomic mass is 9.98. The van der Waals surface area contributed by atoms with Gasteiger partial charge >= 0.3 is 5.97 Å². The van der Waals surface area contributed by atoms with Crippen LogP contribution >= 0.6 is 0 Å². The summed E-state index contributed by atoms with van der Waals surface area (Å²) in [5.41, 5.74) is 6.67. The molecular weight excluding hydrogens is 724 g/mol. The zero-order valence-electron chi connectivity index (χ0n) is 34.4. The first-order valence-corrected chi connectivity index (χ1v) is 19.1. The first-order valence-electron chi connectivity index (χ1n) is 19.1. The third-order valence-corrected chi connectivity index (χ3v) is 8.87. The predicted octanol–water partition coefficient (Wildman–Crippen LogP) is -0.0325. The Morgan fingerprint density at radius 2 is 0.964 bits per heavy atom. The Morgan fingerprint density at radius 3 is 1.43 bits per heavy atom. The highest BCUT2D eigenvalue weighted by Gasteiger charge is 2.34. The van der Waals surface area contributed by atoms with Crippen molar-refractivity contribution < 1.29 is 43.5 Å². The van der Waals surface area contributed by atoms with Crippen LogP contribution in [0.25, 0.3) is 0 Å². The Hall–Kier alpha value is -5.06. The first kappa shape index (κ1) is 49.0. The minimum absolute atomic E-state index is 0.0332. The molecule has 17 heteroatoms. The molecule has 10 N–H and O–H groups in total. The summed E-state index contributed by atoms with van der Waals surface area (Å²) in [7, 11) is 0. The lowest BCUT2D eigenvalue weighted by Gasteiger charge is -2.29. The molecule has 1 aromatic carbocycles. The molecule has 0 aliphatic heterocycles. The van der Waals surface area contributed by atoms with Gasteiger partial charge in [-0.3, -0.25) is 38.4 Å². The van der Waals surface area contributed by atoms with Crippen LogP contribution in [0.3, 0.4) is 0 Å². The highest BCUT2D eigenvalue weighted by molar-refractivity contribution is 5.97. The number of hydrogen-bond donors (Lipinski definition) is 9. The largest absolute Gasteiger partial charge is 0.480 e. The summed E-state index contributed by atoms with van der Waals surface area (Å²) in [6.45, 7) is 16.3. The number of nitrogens with one attached hydrogen (secondary N) is 7. The van der Waals surface area contributed by atoms with E-state index in [-0.39, 0.29) is 30.6 Å². The van der Waals surface area contributed by atoms with E-state index in [0.29, 0.717) is 5.56 Å². The number of carboxylic acids is 1. The average Bonchev–Trinajstić information content (AvgIpc) is 3.11. The highest BCUT2D eigenvalue weighted by Crippen LogP contribution is 2.11. The lowest BCUT2D eigenvalue weighted by molar-refractivity contribution is -0.138. The van der Waals surface area contributed by atoms with Gasteiger partial charge in [0, 0.05) is 6.42 Å². The number of carbonyl (C=O) groups excluding carboxylic acids is 7. The molecule has 1 aromatic rings. The van der Waals surface area contributed by atoms with Crippen molar-refractivity contribution in [3.63, 3.8) is 0 Å². The van der Waals surface area contributed by atoms with Gasteiger partial charge in [-0.05, 0) is 41.6 Å². The van der Waals surface area contributed by atoms with Crippen molar-refractivity contribution >= 4 is 47.3 Å². The molecule has 0 aromatic heterocycles. The molecule has 56 heavy (non-hydrogen) atoms. The second kappa shape index (κ2) is 23.8. The van der Waals surface area contributed by atoms with Crippen molar-refractivity contribution in [2.75, 3.05) is 13.1 Å². The van der Waals surface area contributed by atoms with Gasteiger partial charge in [0.25, 0.3) is 0 Å². The number of carboxylic acid groups (broad SMARTS) is 1. The van der Waals surface area contributed by atoms with Gasteiger partial charge in [0.05, 0.1) is 12.6 Å². The quantitative estimate of drug-likeness (QED) is 0.0715. The molecule has 7 amide bonds. The van der Waals surface area contributed by atoms with Crippen molar-refractivity contribution in [1.82, 2.24) is 37.2 Å². The summed E-state index contributed by atoms with van der Waals surface area (Å²) in [4.78, 5) is 103. The normalized spacial score (nSPS) is 14.6. The molecule has 0 heterocycles. The first-order chi connectivity index (χ1) is 26.0. The Kier molecular flexibility index (Phi) is 20.8. The second-order valence-corrected chi connectivity index (χ2v) is 15.8. The monoisotopic (exact) mass is 788 g/mol. The molecule has 0 radical (unpaired) electrons. The van der Waals surface area contributed by atoms with Gasteiger partial charge in [0.1, 0.15) is 36.8 Å². The summed E-state index contributed by atoms with van der Waals surface area (Å²) in [5, 5.41) is 27.1. The van der Waals surface area contributed by atoms with Crippen molar-refractivity contribution in [3.8, 4) is 0 Å². The molecule has 17 nitrogen and oxygen atoms in total. The van der Waals surface area contributed by atoms with Gasteiger partial charge in [0.2, 0.25) is 41.4 Å². The predicted molar refractivity (Wildman–Crippen MR) is 210 cm³/mol. The molecule has 0 spiro atoms. The molecule has 6 atom stereocenters. The summed E-state index contributed by atoms with van der Waals surface area (Å²) >= 11 is 0. The number of carbonyl (C=O) groups is 8. The fourth-order valence-electron chi connectivity index (χ4n) is 5.49. The number of benzene rings is 1. The van der Waals surface area contributed by atoms with Crippen LogP contribution in [0.1, 0.15) is 81.2 Å². The van der Waals surface area contributed by atoms with E-state index in [1.54, 1.807) is 85.7 Å². The average molecular weight is 789 g/mol. The van der Waals surface area contributed by atoms with E-state index in [1.807, 2.05) is 13.8 Å². The molecule has 0 bridgehead atoms. The van der Waals surface area contributed by atoms with Crippen LogP contribution in [0, 0.1) is 29.6 Å². The maximum absolute atomic E-state index is 13.6. The fraction of sp³-hybridized carbons (Fsp3) is 0.641. The number of aliphatic carboxylic acids is 1. The molecule has 0 fully saturated rings. The van der Waals surface area contributed by atoms with Crippen LogP contribution in [0.5, 0.6) is 0 Å². The van der Waals surface area contributed by atoms with Crippen LogP contribution in [0.4, 0.5) is 0 Å². The molecular formula is C39H64N8O9. The maximum atomic E-state index is 13.6. The van der Waals surface area contributed by atoms with Gasteiger partial charge in [-0.2, -0.15) is 0 Å². The number of hydrogen-bond acceptors (Lipinski definition) is 9. The zero-order valence-corrected chi connectivity index (χ0v) is 34.4. The van der Waals surface area contributed by atoms with E-state index in [1.165, 1.54) is 0 Å². The Bertz CT molecular complexity index is 1500. The summed E-state index contributed by atoms with van der Waals surface area (Å²) in [6, 6.07) is 2.52. The van der Waals surface area contributed by atoms with Gasteiger partial charge in [-0.1, -0.05) is 99.6 Å². The maximum Gasteiger partial charge on any atom is 0.322 e. The van der Waals surface area contributed by atoms with Crippen LogP contribution in [0.15, 0.2) is 30.3 Å². The van der Waals surface area contributed by atoms with E-state index in [9.17, 15) is 38.4 Å². The van der Waals surface area contributed by atoms with E-state index in [0.717, 1.165) is 0 Å². The van der Waals surface area contributed by atoms with Crippen LogP contribution < -0.4 is 43.0 Å². The molecule has 0 aliphatic carbocycles. The highest BCUT2D eigenvalue weighted by atomic mass is 16.4. The third kappa shape index (κ3) is 17.2. The molecule has 0 saturated heterocycles. The van der Waals surface area contributed by atoms with Crippen LogP contribution in [-0.4, -0.2) is 102 Å². The van der Waals surface area contributed by atoms with Gasteiger partial charge in [-0.25, -0.2) is 0 Å². The van der Waals surface area contributed by atoms with Crippen LogP contribution in [-0.2, 0) is 44.8 Å². The minimum atomic E-state index is -1.26. The Morgan fingerprint density at radius 1 is 0.536 bits per heavy atom. The van der Waals surface area contributed by atoms with E-state index >= 15 is 0 Å². The van der Waals surface area contributed by atoms with Crippen molar-refractivity contribution in [1.29, 1.82) is 0 Å². The van der Waals surface area contributed by atoms with Gasteiger partial charge in [-0.15, -0.1) is 0 Å². The molecule has 314 valence electrons. The summed E-state index contributed by atoms with van der Waals surface area (Å²) < 4.78 is 0. The smallest absolute Gasteiger partial charge is 0.322 e. The van der Waals surface area contributed by atoms with E-state index < -0.39 is 108 Å². The molecule has 0 unspecified atom stereocenters. The van der Waals surface area contributed by atoms with Crippen molar-refractivity contribution in [2.45, 2.75) is 118 Å². The fourth-order valence-corrected chi connectivity index (χ4v) is 5.49. The molecule has 0 aliphatic rings. The summed E-state index contributed by atoms with van der Waals surface area (Å²) in [6.07, 6.45) is 0.281. The molecule has 1 rings (SSSR count). The van der Waals surface area contributed by atoms with E-state index in [4.69, 9.17) is 10.8 Å². The SMILES string of the molecule is CC(C)C[C@H](NC(=O)[C@@H](NC(=O)[C@@H](N)C(C)C)C(C)C)C(=O)NCC(=O)N[C@H](C(=O)N[C@H](C(=O)N[C@@H](Cc1ccccc1)C(=O)NCC(=O)O)C(C)C)C(C)C. The third-order valence-electron chi connectivity index (χ3n) is 8.87. The standard InChI is InChI=1S/C39H64N8O9/c1-20(2)16-26(43-37(54)32(23(7)8)46-36(53)30(40)21(3)4)34(51)41-18-28(48)45-31(22(5)6)39(56)47-33(24(9)10)38(55)44-27(35(52)42-19-29(49)50)17-25-14-12-11-13-15-25/h11-15,20-24,26-27,30-33H,16-19,40H2,1-10H3,(H,41,51)(H,42,52)(H,43,54)(H,44,55)(H,45,48)(H,46,53)(H,47,56)(H,49,50)/t26-,27-,30-,31-,32-,33-/m0/s1. The topological polar surface area (TPSA) is 267 Å². The van der Waals surface area contributed by atoms with Gasteiger partial charge in [0.15, 0.2) is 0 Å². The number of amides is 7. The van der Waals surface area contributed by atoms with Gasteiger partial charge < -0.3 is 48.1 Å². The Labute approximate surface area is 330 Å². The second-order valence-electron chi connectivity index (χ2n) is 15.8. The minimum Gasteiger partial charge on any atom is -0.480 e. The van der Waals surface area contributed by atoms with E-state index in [2.05, 4.69) is 37.2 Å². The number of nitrogens with two attached hydrogens (primary N) is 1. The number of rotatable bonds is 23. The lowest BCUT2D eigenvalue weighted by Crippen LogP contribution is -2.60. The molecule has 0 saturated carbocycles.